The first-order valence-electron chi connectivity index (χ1n) is 5.32. The maximum absolute atomic E-state index is 11.4. The maximum atomic E-state index is 11.4. The van der Waals surface area contributed by atoms with Crippen LogP contribution in [-0.2, 0) is 4.79 Å². The lowest BCUT2D eigenvalue weighted by atomic mass is 10.1. The van der Waals surface area contributed by atoms with Crippen LogP contribution < -0.4 is 11.1 Å². The number of rotatable bonds is 3. The third-order valence-corrected chi connectivity index (χ3v) is 2.34. The molecule has 0 aliphatic rings. The molecule has 3 N–H and O–H groups in total. The molecule has 0 heterocycles. The molecule has 8 heteroatoms. The monoisotopic (exact) mass is 274 g/mol. The van der Waals surface area contributed by atoms with E-state index < -0.39 is 16.9 Å². The molecule has 0 radical (unpaired) electrons. The molecule has 0 saturated heterocycles. The van der Waals surface area contributed by atoms with Crippen LogP contribution in [0.25, 0.3) is 6.08 Å². The highest BCUT2D eigenvalue weighted by molar-refractivity contribution is 6.08. The number of nitrogens with zero attached hydrogens (tertiary/aromatic N) is 2. The summed E-state index contributed by atoms with van der Waals surface area (Å²) < 4.78 is 0. The van der Waals surface area contributed by atoms with Crippen LogP contribution >= 0.6 is 0 Å². The zero-order chi connectivity index (χ0) is 15.3. The number of carbonyl (C=O) groups excluding carboxylic acids is 2. The fraction of sp³-hybridized carbons (Fsp3) is 0.0833. The normalized spacial score (nSPS) is 10.5. The average Bonchev–Trinajstić information content (AvgIpc) is 2.36. The van der Waals surface area contributed by atoms with Crippen molar-refractivity contribution in [2.75, 3.05) is 0 Å². The van der Waals surface area contributed by atoms with E-state index in [0.29, 0.717) is 11.1 Å². The van der Waals surface area contributed by atoms with E-state index in [1.165, 1.54) is 18.2 Å². The molecule has 0 aliphatic carbocycles. The van der Waals surface area contributed by atoms with Crippen molar-refractivity contribution in [2.45, 2.75) is 6.92 Å². The van der Waals surface area contributed by atoms with Crippen LogP contribution in [0.4, 0.5) is 10.5 Å². The van der Waals surface area contributed by atoms with Crippen molar-refractivity contribution in [3.8, 4) is 6.07 Å². The summed E-state index contributed by atoms with van der Waals surface area (Å²) >= 11 is 0. The van der Waals surface area contributed by atoms with E-state index in [2.05, 4.69) is 0 Å². The second-order valence-electron chi connectivity index (χ2n) is 3.79. The molecule has 20 heavy (non-hydrogen) atoms. The largest absolute Gasteiger partial charge is 0.351 e. The second-order valence-corrected chi connectivity index (χ2v) is 3.79. The Balaban J connectivity index is 3.17. The van der Waals surface area contributed by atoms with E-state index >= 15 is 0 Å². The second kappa shape index (κ2) is 6.10. The lowest BCUT2D eigenvalue weighted by Gasteiger charge is -2.01. The highest BCUT2D eigenvalue weighted by Gasteiger charge is 2.13. The van der Waals surface area contributed by atoms with Crippen LogP contribution in [-0.4, -0.2) is 16.9 Å². The first-order chi connectivity index (χ1) is 9.35. The molecular formula is C12H10N4O4. The summed E-state index contributed by atoms with van der Waals surface area (Å²) in [7, 11) is 0. The molecule has 102 valence electrons. The smallest absolute Gasteiger partial charge is 0.319 e. The number of aryl methyl sites for hydroxylation is 1. The molecule has 0 bridgehead atoms. The van der Waals surface area contributed by atoms with Gasteiger partial charge in [-0.05, 0) is 18.6 Å². The van der Waals surface area contributed by atoms with Crippen molar-refractivity contribution in [1.82, 2.24) is 5.32 Å². The first-order valence-corrected chi connectivity index (χ1v) is 5.32. The number of carbonyl (C=O) groups is 2. The van der Waals surface area contributed by atoms with Gasteiger partial charge in [0.1, 0.15) is 11.6 Å². The lowest BCUT2D eigenvalue weighted by molar-refractivity contribution is -0.385. The third-order valence-electron chi connectivity index (χ3n) is 2.34. The number of primary amides is 1. The van der Waals surface area contributed by atoms with Gasteiger partial charge in [-0.1, -0.05) is 12.1 Å². The van der Waals surface area contributed by atoms with Gasteiger partial charge < -0.3 is 5.73 Å². The Morgan fingerprint density at radius 3 is 2.65 bits per heavy atom. The molecule has 0 aliphatic heterocycles. The number of nitriles is 1. The minimum absolute atomic E-state index is 0.133. The molecular weight excluding hydrogens is 264 g/mol. The van der Waals surface area contributed by atoms with Gasteiger partial charge in [0.15, 0.2) is 0 Å². The molecule has 0 fully saturated rings. The van der Waals surface area contributed by atoms with Gasteiger partial charge in [-0.3, -0.25) is 20.2 Å². The first kappa shape index (κ1) is 14.8. The van der Waals surface area contributed by atoms with Gasteiger partial charge in [-0.15, -0.1) is 0 Å². The van der Waals surface area contributed by atoms with E-state index in [9.17, 15) is 19.7 Å². The molecule has 1 aromatic carbocycles. The Bertz CT molecular complexity index is 658. The number of nitrogens with one attached hydrogen (secondary N) is 1. The Morgan fingerprint density at radius 2 is 2.15 bits per heavy atom. The van der Waals surface area contributed by atoms with Crippen molar-refractivity contribution in [3.63, 3.8) is 0 Å². The molecule has 3 amide bonds. The number of amides is 3. The molecule has 1 aromatic rings. The van der Waals surface area contributed by atoms with Gasteiger partial charge in [0.25, 0.3) is 11.6 Å². The lowest BCUT2D eigenvalue weighted by Crippen LogP contribution is -2.35. The zero-order valence-corrected chi connectivity index (χ0v) is 10.4. The van der Waals surface area contributed by atoms with E-state index in [1.807, 2.05) is 0 Å². The van der Waals surface area contributed by atoms with Crippen molar-refractivity contribution in [2.24, 2.45) is 5.73 Å². The molecule has 0 unspecified atom stereocenters. The molecule has 0 atom stereocenters. The molecule has 0 spiro atoms. The number of nitro groups is 1. The van der Waals surface area contributed by atoms with E-state index in [1.54, 1.807) is 18.3 Å². The number of benzene rings is 1. The van der Waals surface area contributed by atoms with Crippen LogP contribution in [0.2, 0.25) is 0 Å². The Hall–Kier alpha value is -3.21. The fourth-order valence-corrected chi connectivity index (χ4v) is 1.41. The average molecular weight is 274 g/mol. The molecule has 0 saturated carbocycles. The van der Waals surface area contributed by atoms with Crippen molar-refractivity contribution in [3.05, 3.63) is 45.0 Å². The summed E-state index contributed by atoms with van der Waals surface area (Å²) in [5, 5.41) is 21.4. The van der Waals surface area contributed by atoms with Crippen LogP contribution in [0.15, 0.2) is 23.8 Å². The third kappa shape index (κ3) is 3.64. The van der Waals surface area contributed by atoms with E-state index in [0.717, 1.165) is 6.08 Å². The number of hydrogen-bond acceptors (Lipinski definition) is 5. The summed E-state index contributed by atoms with van der Waals surface area (Å²) in [6.45, 7) is 1.57. The zero-order valence-electron chi connectivity index (χ0n) is 10.4. The van der Waals surface area contributed by atoms with Crippen molar-refractivity contribution in [1.29, 1.82) is 5.26 Å². The van der Waals surface area contributed by atoms with Crippen molar-refractivity contribution >= 4 is 23.7 Å². The molecule has 8 nitrogen and oxygen atoms in total. The Kier molecular flexibility index (Phi) is 4.53. The summed E-state index contributed by atoms with van der Waals surface area (Å²) in [5.74, 6) is -0.969. The Labute approximate surface area is 113 Å². The van der Waals surface area contributed by atoms with Crippen LogP contribution in [0.3, 0.4) is 0 Å². The fourth-order valence-electron chi connectivity index (χ4n) is 1.41. The quantitative estimate of drug-likeness (QED) is 0.366. The molecule has 1 rings (SSSR count). The van der Waals surface area contributed by atoms with Crippen LogP contribution in [0.1, 0.15) is 11.1 Å². The van der Waals surface area contributed by atoms with Gasteiger partial charge in [0, 0.05) is 11.6 Å². The van der Waals surface area contributed by atoms with Gasteiger partial charge in [-0.2, -0.15) is 5.26 Å². The number of urea groups is 1. The van der Waals surface area contributed by atoms with Crippen molar-refractivity contribution < 1.29 is 14.5 Å². The SMILES string of the molecule is Cc1ccc(/C=C(/C#N)C(=O)NC(N)=O)cc1[N+](=O)[O-]. The standard InChI is InChI=1S/C12H10N4O4/c1-7-2-3-8(5-10(7)16(19)20)4-9(6-13)11(17)15-12(14)18/h2-5H,1H3,(H3,14,15,17,18)/b9-4-. The molecule has 0 aromatic heterocycles. The van der Waals surface area contributed by atoms with Gasteiger partial charge in [0.2, 0.25) is 0 Å². The summed E-state index contributed by atoms with van der Waals surface area (Å²) in [6, 6.07) is 4.73. The van der Waals surface area contributed by atoms with Gasteiger partial charge in [0.05, 0.1) is 4.92 Å². The summed E-state index contributed by atoms with van der Waals surface area (Å²) in [4.78, 5) is 32.2. The highest BCUT2D eigenvalue weighted by Crippen LogP contribution is 2.20. The van der Waals surface area contributed by atoms with Crippen LogP contribution in [0, 0.1) is 28.4 Å². The Morgan fingerprint density at radius 1 is 1.50 bits per heavy atom. The summed E-state index contributed by atoms with van der Waals surface area (Å²) in [5.41, 5.74) is 4.99. The summed E-state index contributed by atoms with van der Waals surface area (Å²) in [6.07, 6.45) is 1.13. The predicted molar refractivity (Wildman–Crippen MR) is 69.1 cm³/mol. The van der Waals surface area contributed by atoms with Crippen LogP contribution in [0.5, 0.6) is 0 Å². The minimum atomic E-state index is -1.09. The number of nitrogens with two attached hydrogens (primary N) is 1. The maximum Gasteiger partial charge on any atom is 0.319 e. The van der Waals surface area contributed by atoms with E-state index in [-0.39, 0.29) is 11.3 Å². The van der Waals surface area contributed by atoms with Gasteiger partial charge >= 0.3 is 6.03 Å². The highest BCUT2D eigenvalue weighted by atomic mass is 16.6. The van der Waals surface area contributed by atoms with E-state index in [4.69, 9.17) is 11.0 Å². The van der Waals surface area contributed by atoms with Gasteiger partial charge in [-0.25, -0.2) is 4.79 Å². The topological polar surface area (TPSA) is 139 Å². The minimum Gasteiger partial charge on any atom is -0.351 e. The number of nitro benzene ring substituents is 1. The number of imide groups is 1. The predicted octanol–water partition coefficient (Wildman–Crippen LogP) is 1.01. The number of hydrogen-bond donors (Lipinski definition) is 2.